The molecule has 0 saturated carbocycles. The van der Waals surface area contributed by atoms with Crippen LogP contribution in [0.15, 0.2) is 58.5 Å². The summed E-state index contributed by atoms with van der Waals surface area (Å²) in [6.07, 6.45) is 2.22. The van der Waals surface area contributed by atoms with Crippen LogP contribution in [0.1, 0.15) is 37.8 Å². The van der Waals surface area contributed by atoms with E-state index in [4.69, 9.17) is 28.4 Å². The fraction of sp³-hybridized carbons (Fsp3) is 0.375. The van der Waals surface area contributed by atoms with Gasteiger partial charge < -0.3 is 28.4 Å². The van der Waals surface area contributed by atoms with Crippen molar-refractivity contribution >= 4 is 35.6 Å². The molecular weight excluding hydrogens is 572 g/mol. The third kappa shape index (κ3) is 10.9. The van der Waals surface area contributed by atoms with Gasteiger partial charge in [-0.15, -0.1) is 0 Å². The molecule has 0 amide bonds. The van der Waals surface area contributed by atoms with Crippen molar-refractivity contribution in [2.75, 3.05) is 41.5 Å². The van der Waals surface area contributed by atoms with Crippen LogP contribution in [0.4, 0.5) is 0 Å². The van der Waals surface area contributed by atoms with Crippen molar-refractivity contribution in [3.63, 3.8) is 0 Å². The van der Waals surface area contributed by atoms with Crippen LogP contribution in [-0.2, 0) is 28.7 Å². The number of aliphatic imine (C=N–C) groups is 2. The van der Waals surface area contributed by atoms with Gasteiger partial charge in [-0.3, -0.25) is 19.6 Å². The Balaban J connectivity index is 2.04. The summed E-state index contributed by atoms with van der Waals surface area (Å²) in [4.78, 5) is 54.9. The number of rotatable bonds is 15. The van der Waals surface area contributed by atoms with Crippen molar-refractivity contribution in [1.82, 2.24) is 0 Å². The summed E-state index contributed by atoms with van der Waals surface area (Å²) in [5, 5.41) is 0. The summed E-state index contributed by atoms with van der Waals surface area (Å²) in [6, 6.07) is 9.52. The lowest BCUT2D eigenvalue weighted by molar-refractivity contribution is -0.140. The van der Waals surface area contributed by atoms with Crippen LogP contribution in [0, 0.1) is 11.8 Å². The van der Waals surface area contributed by atoms with Crippen LogP contribution < -0.4 is 18.9 Å². The van der Waals surface area contributed by atoms with E-state index in [2.05, 4.69) is 9.98 Å². The maximum atomic E-state index is 12.5. The van der Waals surface area contributed by atoms with Crippen molar-refractivity contribution in [2.24, 2.45) is 21.8 Å². The van der Waals surface area contributed by atoms with Gasteiger partial charge in [-0.1, -0.05) is 13.8 Å². The summed E-state index contributed by atoms with van der Waals surface area (Å²) in [7, 11) is 5.76. The molecule has 0 saturated heterocycles. The van der Waals surface area contributed by atoms with Crippen LogP contribution in [-0.4, -0.2) is 77.1 Å². The van der Waals surface area contributed by atoms with E-state index in [-0.39, 0.29) is 47.7 Å². The van der Waals surface area contributed by atoms with Crippen LogP contribution in [0.25, 0.3) is 0 Å². The Hall–Kier alpha value is -5.18. The zero-order valence-corrected chi connectivity index (χ0v) is 25.6. The quantitative estimate of drug-likeness (QED) is 0.0960. The highest BCUT2D eigenvalue weighted by Gasteiger charge is 2.18. The molecule has 2 rings (SSSR count). The molecule has 0 aliphatic heterocycles. The molecule has 0 bridgehead atoms. The molecule has 0 aliphatic rings. The van der Waals surface area contributed by atoms with E-state index in [1.165, 1.54) is 52.7 Å². The van der Waals surface area contributed by atoms with Gasteiger partial charge >= 0.3 is 11.9 Å². The smallest absolute Gasteiger partial charge is 0.311 e. The lowest BCUT2D eigenvalue weighted by Gasteiger charge is -2.13. The number of methoxy groups -OCH3 is 4. The Labute approximate surface area is 256 Å². The maximum absolute atomic E-state index is 12.5. The number of hydrogen-bond donors (Lipinski definition) is 0. The van der Waals surface area contributed by atoms with E-state index in [0.717, 1.165) is 0 Å². The van der Waals surface area contributed by atoms with Gasteiger partial charge in [0.25, 0.3) is 0 Å². The second-order valence-corrected chi connectivity index (χ2v) is 9.40. The molecule has 44 heavy (non-hydrogen) atoms. The third-order valence-corrected chi connectivity index (χ3v) is 5.94. The predicted octanol–water partition coefficient (Wildman–Crippen LogP) is 3.83. The van der Waals surface area contributed by atoms with E-state index in [1.807, 2.05) is 13.8 Å². The third-order valence-electron chi connectivity index (χ3n) is 5.94. The second-order valence-electron chi connectivity index (χ2n) is 9.40. The zero-order valence-electron chi connectivity index (χ0n) is 25.6. The molecule has 0 spiro atoms. The minimum absolute atomic E-state index is 0.123. The molecule has 234 valence electrons. The highest BCUT2D eigenvalue weighted by molar-refractivity contribution is 5.95. The summed E-state index contributed by atoms with van der Waals surface area (Å²) < 4.78 is 32.3. The summed E-state index contributed by atoms with van der Waals surface area (Å²) in [5.74, 6) is 3.30. The van der Waals surface area contributed by atoms with Gasteiger partial charge in [-0.25, -0.2) is 9.59 Å². The minimum Gasteiger partial charge on any atom is -0.493 e. The van der Waals surface area contributed by atoms with Gasteiger partial charge in [-0.2, -0.15) is 0 Å². The molecular formula is C32H36N2O10. The Kier molecular flexibility index (Phi) is 14.6. The number of benzene rings is 2. The van der Waals surface area contributed by atoms with E-state index >= 15 is 0 Å². The molecule has 0 N–H and O–H groups in total. The van der Waals surface area contributed by atoms with E-state index in [9.17, 15) is 19.2 Å². The van der Waals surface area contributed by atoms with Crippen molar-refractivity contribution in [3.8, 4) is 23.0 Å². The van der Waals surface area contributed by atoms with Crippen LogP contribution in [0.3, 0.4) is 0 Å². The average Bonchev–Trinajstić information content (AvgIpc) is 3.02. The molecule has 0 heterocycles. The molecule has 0 radical (unpaired) electrons. The highest BCUT2D eigenvalue weighted by Crippen LogP contribution is 2.30. The van der Waals surface area contributed by atoms with Crippen LogP contribution in [0.2, 0.25) is 0 Å². The van der Waals surface area contributed by atoms with Crippen LogP contribution >= 0.6 is 0 Å². The van der Waals surface area contributed by atoms with Gasteiger partial charge in [0, 0.05) is 48.2 Å². The van der Waals surface area contributed by atoms with Crippen molar-refractivity contribution in [2.45, 2.75) is 26.7 Å². The molecule has 12 heteroatoms. The number of nitrogens with zero attached hydrogens (tertiary/aromatic N) is 2. The lowest BCUT2D eigenvalue weighted by Crippen LogP contribution is -2.15. The number of ether oxygens (including phenoxy) is 6. The van der Waals surface area contributed by atoms with Gasteiger partial charge in [0.2, 0.25) is 11.8 Å². The monoisotopic (exact) mass is 608 g/mol. The van der Waals surface area contributed by atoms with E-state index < -0.39 is 11.9 Å². The first kappa shape index (κ1) is 35.0. The minimum atomic E-state index is -0.676. The Morgan fingerprint density at radius 3 is 1.39 bits per heavy atom. The fourth-order valence-electron chi connectivity index (χ4n) is 3.66. The van der Waals surface area contributed by atoms with Gasteiger partial charge in [-0.05, 0) is 36.4 Å². The number of esters is 2. The van der Waals surface area contributed by atoms with Crippen molar-refractivity contribution < 1.29 is 47.6 Å². The van der Waals surface area contributed by atoms with Crippen molar-refractivity contribution in [3.05, 3.63) is 59.7 Å². The second kappa shape index (κ2) is 18.4. The summed E-state index contributed by atoms with van der Waals surface area (Å²) in [6.45, 7) is 4.27. The molecule has 0 aromatic heterocycles. The first-order valence-corrected chi connectivity index (χ1v) is 13.6. The zero-order chi connectivity index (χ0) is 32.5. The molecule has 0 unspecified atom stereocenters. The Morgan fingerprint density at radius 1 is 0.682 bits per heavy atom. The van der Waals surface area contributed by atoms with Gasteiger partial charge in [0.1, 0.15) is 11.9 Å². The molecule has 2 aromatic rings. The molecule has 2 aromatic carbocycles. The fourth-order valence-corrected chi connectivity index (χ4v) is 3.66. The Morgan fingerprint density at radius 2 is 1.07 bits per heavy atom. The van der Waals surface area contributed by atoms with E-state index in [0.29, 0.717) is 36.0 Å². The Bertz CT molecular complexity index is 1340. The SMILES string of the molecule is COC(=NC[C@@H](C)C=C=O)c1ccc(OC(=O)CCC(=O)Oc2ccc(C(=NC[C@@H](C)C=C=O)OC)cc2OC)c(OC)c1. The van der Waals surface area contributed by atoms with Crippen molar-refractivity contribution in [1.29, 1.82) is 0 Å². The first-order valence-electron chi connectivity index (χ1n) is 13.6. The summed E-state index contributed by atoms with van der Waals surface area (Å²) in [5.41, 5.74) is 1.15. The molecule has 0 fully saturated rings. The van der Waals surface area contributed by atoms with Crippen LogP contribution in [0.5, 0.6) is 23.0 Å². The highest BCUT2D eigenvalue weighted by atomic mass is 16.6. The molecule has 0 aliphatic carbocycles. The topological polar surface area (TPSA) is 148 Å². The van der Waals surface area contributed by atoms with E-state index in [1.54, 1.807) is 36.1 Å². The summed E-state index contributed by atoms with van der Waals surface area (Å²) >= 11 is 0. The number of hydrogen-bond acceptors (Lipinski definition) is 12. The standard InChI is InChI=1S/C32H36N2O10/c1-21(13-15-35)19-33-31(41-5)23-7-9-25(27(17-23)39-3)43-29(37)11-12-30(38)44-26-10-8-24(18-28(26)40-4)32(42-6)34-20-22(2)14-16-36/h7-10,13-14,17-18,21-22H,11-12,19-20H2,1-6H3/t21-,22-/m0/s1. The normalized spacial score (nSPS) is 12.5. The lowest BCUT2D eigenvalue weighted by atomic mass is 10.1. The number of carbonyl (C=O) groups is 2. The molecule has 12 nitrogen and oxygen atoms in total. The number of carbonyl (C=O) groups excluding carboxylic acids is 4. The van der Waals surface area contributed by atoms with Gasteiger partial charge in [0.05, 0.1) is 41.3 Å². The first-order chi connectivity index (χ1) is 21.2. The maximum Gasteiger partial charge on any atom is 0.311 e. The largest absolute Gasteiger partial charge is 0.493 e. The van der Waals surface area contributed by atoms with Gasteiger partial charge in [0.15, 0.2) is 23.0 Å². The predicted molar refractivity (Wildman–Crippen MR) is 162 cm³/mol. The average molecular weight is 609 g/mol. The molecule has 2 atom stereocenters.